The topological polar surface area (TPSA) is 193 Å². The van der Waals surface area contributed by atoms with Crippen LogP contribution in [0.1, 0.15) is 94.6 Å². The summed E-state index contributed by atoms with van der Waals surface area (Å²) >= 11 is 0. The first kappa shape index (κ1) is 35.2. The van der Waals surface area contributed by atoms with Crippen LogP contribution in [0.5, 0.6) is 0 Å². The Morgan fingerprint density at radius 2 is 1.71 bits per heavy atom. The molecule has 3 aliphatic carbocycles. The van der Waals surface area contributed by atoms with Gasteiger partial charge in [0.2, 0.25) is 21.8 Å². The van der Waals surface area contributed by atoms with E-state index in [0.29, 0.717) is 45.2 Å². The zero-order valence-corrected chi connectivity index (χ0v) is 29.4. The fourth-order valence-electron chi connectivity index (χ4n) is 7.75. The molecule has 276 valence electrons. The van der Waals surface area contributed by atoms with Crippen molar-refractivity contribution >= 4 is 39.9 Å². The number of sulfonamides is 1. The number of fused-ring (bicyclic) bond motifs is 3. The lowest BCUT2D eigenvalue weighted by atomic mass is 10.0. The van der Waals surface area contributed by atoms with Gasteiger partial charge in [0.25, 0.3) is 5.91 Å². The molecule has 51 heavy (non-hydrogen) atoms. The fraction of sp³-hybridized carbons (Fsp3) is 0.657. The molecule has 1 aromatic rings. The van der Waals surface area contributed by atoms with Crippen molar-refractivity contribution in [3.8, 4) is 0 Å². The number of nitrogens with zero attached hydrogens (tertiary/aromatic N) is 3. The number of allylic oxidation sites excluding steroid dienone is 1. The summed E-state index contributed by atoms with van der Waals surface area (Å²) in [6, 6.07) is -0.324. The molecule has 3 aliphatic heterocycles. The van der Waals surface area contributed by atoms with E-state index in [1.54, 1.807) is 12.4 Å². The van der Waals surface area contributed by atoms with Gasteiger partial charge in [-0.05, 0) is 81.4 Å². The molecule has 0 spiro atoms. The first-order valence-corrected chi connectivity index (χ1v) is 19.8. The molecule has 15 nitrogen and oxygen atoms in total. The highest BCUT2D eigenvalue weighted by atomic mass is 32.2. The second-order valence-electron chi connectivity index (χ2n) is 14.8. The average molecular weight is 727 g/mol. The summed E-state index contributed by atoms with van der Waals surface area (Å²) in [7, 11) is -3.89. The van der Waals surface area contributed by atoms with Crippen molar-refractivity contribution in [2.24, 2.45) is 5.92 Å². The first-order valence-electron chi connectivity index (χ1n) is 18.2. The van der Waals surface area contributed by atoms with Crippen LogP contribution >= 0.6 is 0 Å². The van der Waals surface area contributed by atoms with Gasteiger partial charge in [0.1, 0.15) is 29.8 Å². The number of hydrogen-bond acceptors (Lipinski definition) is 10. The summed E-state index contributed by atoms with van der Waals surface area (Å²) in [6.07, 6.45) is 12.5. The summed E-state index contributed by atoms with van der Waals surface area (Å²) in [4.78, 5) is 75.5. The van der Waals surface area contributed by atoms with Crippen molar-refractivity contribution in [3.05, 3.63) is 41.7 Å². The monoisotopic (exact) mass is 726 g/mol. The maximum Gasteiger partial charge on any atom is 0.410 e. The van der Waals surface area contributed by atoms with Gasteiger partial charge in [-0.2, -0.15) is 0 Å². The van der Waals surface area contributed by atoms with Crippen LogP contribution in [0.25, 0.3) is 0 Å². The predicted octanol–water partition coefficient (Wildman–Crippen LogP) is 2.54. The van der Waals surface area contributed by atoms with Crippen LogP contribution < -0.4 is 15.4 Å². The van der Waals surface area contributed by atoms with E-state index in [4.69, 9.17) is 9.47 Å². The number of pyridine rings is 1. The van der Waals surface area contributed by atoms with Crippen LogP contribution in [-0.4, -0.2) is 94.7 Å². The third-order valence-electron chi connectivity index (χ3n) is 11.0. The minimum absolute atomic E-state index is 0.0521. The van der Waals surface area contributed by atoms with Crippen molar-refractivity contribution in [1.82, 2.24) is 30.1 Å². The van der Waals surface area contributed by atoms with Crippen LogP contribution in [0.4, 0.5) is 9.59 Å². The largest absolute Gasteiger partial charge is 0.446 e. The number of carbonyl (C=O) groups is 5. The molecule has 7 rings (SSSR count). The maximum absolute atomic E-state index is 14.3. The van der Waals surface area contributed by atoms with Crippen molar-refractivity contribution in [2.45, 2.75) is 132 Å². The third-order valence-corrected chi connectivity index (χ3v) is 12.8. The molecule has 3 saturated carbocycles. The SMILES string of the molecule is O=C(N[C@H]1CCCCC/C=C\[C@H]2C[C@@]2(C(=O)NS(=O)(=O)C2CC2)NC(=O)[C@@H]2C[C@@H](OC(=O)N3Cc4ccncc4C3)CN2C1=O)OC1CCCC1. The Balaban J connectivity index is 1.12. The molecule has 1 aromatic heterocycles. The zero-order chi connectivity index (χ0) is 35.8. The first-order chi connectivity index (χ1) is 24.5. The summed E-state index contributed by atoms with van der Waals surface area (Å²) in [6.45, 7) is 0.535. The number of aromatic nitrogens is 1. The highest BCUT2D eigenvalue weighted by molar-refractivity contribution is 7.91. The summed E-state index contributed by atoms with van der Waals surface area (Å²) in [5.41, 5.74) is 0.341. The summed E-state index contributed by atoms with van der Waals surface area (Å²) < 4.78 is 39.2. The number of carbonyl (C=O) groups excluding carboxylic acids is 5. The number of ether oxygens (including phenoxy) is 2. The number of rotatable bonds is 6. The molecule has 4 fully saturated rings. The minimum atomic E-state index is -3.89. The molecule has 0 unspecified atom stereocenters. The van der Waals surface area contributed by atoms with Gasteiger partial charge in [0.15, 0.2) is 0 Å². The second kappa shape index (κ2) is 14.4. The van der Waals surface area contributed by atoms with Crippen LogP contribution in [0.15, 0.2) is 30.6 Å². The normalized spacial score (nSPS) is 30.5. The van der Waals surface area contributed by atoms with Gasteiger partial charge in [-0.15, -0.1) is 0 Å². The van der Waals surface area contributed by atoms with Crippen molar-refractivity contribution in [1.29, 1.82) is 0 Å². The maximum atomic E-state index is 14.3. The van der Waals surface area contributed by atoms with Crippen LogP contribution in [-0.2, 0) is 47.0 Å². The van der Waals surface area contributed by atoms with Crippen LogP contribution in [0.3, 0.4) is 0 Å². The number of alkyl carbamates (subject to hydrolysis) is 1. The molecule has 0 radical (unpaired) electrons. The van der Waals surface area contributed by atoms with E-state index < -0.39 is 74.8 Å². The van der Waals surface area contributed by atoms with Gasteiger partial charge >= 0.3 is 12.2 Å². The molecule has 0 bridgehead atoms. The van der Waals surface area contributed by atoms with E-state index in [9.17, 15) is 32.4 Å². The molecule has 5 amide bonds. The van der Waals surface area contributed by atoms with Crippen molar-refractivity contribution < 1.29 is 41.9 Å². The molecular weight excluding hydrogens is 680 g/mol. The van der Waals surface area contributed by atoms with Crippen molar-refractivity contribution in [3.63, 3.8) is 0 Å². The molecule has 3 N–H and O–H groups in total. The van der Waals surface area contributed by atoms with E-state index in [-0.39, 0.29) is 25.5 Å². The number of nitrogens with one attached hydrogen (secondary N) is 3. The number of amides is 5. The standard InChI is InChI=1S/C35H46N6O9S/c42-30-29-16-26(50-34(46)40-19-22-14-15-36-18-23(22)20-40)21-41(29)31(43)28(37-33(45)49-25-9-6-7-10-25)11-5-3-1-2-4-8-24-17-35(24,38-30)32(44)39-51(47,48)27-12-13-27/h4,8,14-15,18,24-29H,1-3,5-7,9-13,16-17,19-21H2,(H,37,45)(H,38,42)(H,39,44)/b8-4-/t24-,26+,28-,29-,35+/m0/s1. The summed E-state index contributed by atoms with van der Waals surface area (Å²) in [5.74, 6) is -2.44. The Bertz CT molecular complexity index is 1670. The average Bonchev–Trinajstić information content (AvgIpc) is 3.88. The molecule has 16 heteroatoms. The molecule has 1 saturated heterocycles. The van der Waals surface area contributed by atoms with Crippen LogP contribution in [0.2, 0.25) is 0 Å². The summed E-state index contributed by atoms with van der Waals surface area (Å²) in [5, 5.41) is 4.95. The Morgan fingerprint density at radius 3 is 2.47 bits per heavy atom. The van der Waals surface area contributed by atoms with E-state index >= 15 is 0 Å². The minimum Gasteiger partial charge on any atom is -0.446 e. The van der Waals surface area contributed by atoms with Crippen molar-refractivity contribution in [2.75, 3.05) is 6.54 Å². The molecule has 6 aliphatic rings. The molecule has 0 aromatic carbocycles. The second-order valence-corrected chi connectivity index (χ2v) is 16.7. The lowest BCUT2D eigenvalue weighted by molar-refractivity contribution is -0.141. The lowest BCUT2D eigenvalue weighted by Crippen LogP contribution is -2.58. The Kier molecular flexibility index (Phi) is 9.96. The predicted molar refractivity (Wildman–Crippen MR) is 181 cm³/mol. The van der Waals surface area contributed by atoms with Gasteiger partial charge in [-0.1, -0.05) is 25.0 Å². The van der Waals surface area contributed by atoms with Gasteiger partial charge in [0, 0.05) is 31.3 Å². The van der Waals surface area contributed by atoms with E-state index in [2.05, 4.69) is 20.3 Å². The van der Waals surface area contributed by atoms with E-state index in [1.807, 2.05) is 18.2 Å². The molecular formula is C35H46N6O9S. The Morgan fingerprint density at radius 1 is 0.941 bits per heavy atom. The Labute approximate surface area is 297 Å². The van der Waals surface area contributed by atoms with Gasteiger partial charge in [-0.25, -0.2) is 18.0 Å². The highest BCUT2D eigenvalue weighted by Gasteiger charge is 2.62. The zero-order valence-electron chi connectivity index (χ0n) is 28.6. The smallest absolute Gasteiger partial charge is 0.410 e. The highest BCUT2D eigenvalue weighted by Crippen LogP contribution is 2.46. The van der Waals surface area contributed by atoms with Gasteiger partial charge in [0.05, 0.1) is 18.3 Å². The van der Waals surface area contributed by atoms with E-state index in [0.717, 1.165) is 49.7 Å². The van der Waals surface area contributed by atoms with Gasteiger partial charge in [-0.3, -0.25) is 29.0 Å². The van der Waals surface area contributed by atoms with Gasteiger partial charge < -0.3 is 25.0 Å². The molecule has 4 heterocycles. The third kappa shape index (κ3) is 7.85. The van der Waals surface area contributed by atoms with Crippen LogP contribution in [0, 0.1) is 5.92 Å². The fourth-order valence-corrected chi connectivity index (χ4v) is 9.11. The Hall–Kier alpha value is -4.21. The quantitative estimate of drug-likeness (QED) is 0.367. The lowest BCUT2D eigenvalue weighted by Gasteiger charge is -2.30. The van der Waals surface area contributed by atoms with E-state index in [1.165, 1.54) is 9.80 Å². The number of hydrogen-bond donors (Lipinski definition) is 3. The molecule has 5 atom stereocenters.